The van der Waals surface area contributed by atoms with Crippen LogP contribution in [0.5, 0.6) is 0 Å². The number of fused-ring (bicyclic) bond motifs is 1. The van der Waals surface area contributed by atoms with E-state index in [1.165, 1.54) is 28.2 Å². The van der Waals surface area contributed by atoms with Gasteiger partial charge in [-0.1, -0.05) is 6.42 Å². The Bertz CT molecular complexity index is 816. The first-order valence-corrected chi connectivity index (χ1v) is 10.1. The maximum Gasteiger partial charge on any atom is 0.230 e. The fourth-order valence-corrected chi connectivity index (χ4v) is 4.69. The first-order valence-electron chi connectivity index (χ1n) is 9.28. The fourth-order valence-electron chi connectivity index (χ4n) is 3.43. The molecular formula is C20H26N3O2S+. The van der Waals surface area contributed by atoms with Crippen LogP contribution in [0.2, 0.25) is 0 Å². The summed E-state index contributed by atoms with van der Waals surface area (Å²) in [5, 5.41) is 13.3. The highest BCUT2D eigenvalue weighted by Crippen LogP contribution is 2.36. The molecular weight excluding hydrogens is 346 g/mol. The van der Waals surface area contributed by atoms with Crippen molar-refractivity contribution in [2.45, 2.75) is 52.0 Å². The van der Waals surface area contributed by atoms with Gasteiger partial charge in [0, 0.05) is 4.88 Å². The quantitative estimate of drug-likeness (QED) is 0.766. The number of furan rings is 1. The van der Waals surface area contributed by atoms with Crippen LogP contribution in [-0.4, -0.2) is 19.5 Å². The molecule has 2 aromatic heterocycles. The lowest BCUT2D eigenvalue weighted by molar-refractivity contribution is -0.894. The van der Waals surface area contributed by atoms with Crippen LogP contribution in [0.4, 0.5) is 5.00 Å². The zero-order chi connectivity index (χ0) is 18.5. The normalized spacial score (nSPS) is 15.0. The number of anilines is 1. The minimum Gasteiger partial charge on any atom is -0.460 e. The van der Waals surface area contributed by atoms with Gasteiger partial charge in [0.15, 0.2) is 5.76 Å². The SMILES string of the molecule is Cc1ccc(C[NH+](C)CCC(=O)Nc2sc3c(c2C#N)CCCCC3)o1. The number of hydrogen-bond donors (Lipinski definition) is 2. The van der Waals surface area contributed by atoms with E-state index in [0.717, 1.165) is 48.9 Å². The molecule has 0 fully saturated rings. The summed E-state index contributed by atoms with van der Waals surface area (Å²) in [6.07, 6.45) is 5.94. The lowest BCUT2D eigenvalue weighted by Crippen LogP contribution is -3.07. The van der Waals surface area contributed by atoms with E-state index < -0.39 is 0 Å². The number of hydrogen-bond acceptors (Lipinski definition) is 4. The molecule has 0 saturated carbocycles. The van der Waals surface area contributed by atoms with Crippen molar-refractivity contribution in [1.29, 1.82) is 5.26 Å². The van der Waals surface area contributed by atoms with Crippen molar-refractivity contribution in [3.05, 3.63) is 39.7 Å². The Balaban J connectivity index is 1.55. The maximum atomic E-state index is 12.4. The number of nitriles is 1. The first-order chi connectivity index (χ1) is 12.6. The van der Waals surface area contributed by atoms with Crippen LogP contribution in [0.1, 0.15) is 53.2 Å². The molecule has 1 aliphatic rings. The van der Waals surface area contributed by atoms with Gasteiger partial charge in [-0.3, -0.25) is 4.79 Å². The lowest BCUT2D eigenvalue weighted by Gasteiger charge is -2.12. The molecule has 1 unspecified atom stereocenters. The summed E-state index contributed by atoms with van der Waals surface area (Å²) in [5.74, 6) is 1.83. The number of nitrogens with one attached hydrogen (secondary N) is 2. The van der Waals surface area contributed by atoms with Gasteiger partial charge < -0.3 is 14.6 Å². The Labute approximate surface area is 158 Å². The molecule has 26 heavy (non-hydrogen) atoms. The summed E-state index contributed by atoms with van der Waals surface area (Å²) in [6, 6.07) is 6.26. The third-order valence-electron chi connectivity index (χ3n) is 4.84. The number of carbonyl (C=O) groups excluding carboxylic acids is 1. The van der Waals surface area contributed by atoms with E-state index in [9.17, 15) is 10.1 Å². The van der Waals surface area contributed by atoms with Gasteiger partial charge in [0.2, 0.25) is 5.91 Å². The minimum atomic E-state index is -0.0205. The molecule has 5 nitrogen and oxygen atoms in total. The molecule has 2 aromatic rings. The summed E-state index contributed by atoms with van der Waals surface area (Å²) in [6.45, 7) is 3.41. The number of amides is 1. The summed E-state index contributed by atoms with van der Waals surface area (Å²) in [7, 11) is 2.05. The van der Waals surface area contributed by atoms with Crippen LogP contribution in [0.3, 0.4) is 0 Å². The predicted octanol–water partition coefficient (Wildman–Crippen LogP) is 2.83. The number of rotatable bonds is 6. The van der Waals surface area contributed by atoms with E-state index in [4.69, 9.17) is 4.42 Å². The van der Waals surface area contributed by atoms with Crippen molar-refractivity contribution < 1.29 is 14.1 Å². The highest BCUT2D eigenvalue weighted by atomic mass is 32.1. The second kappa shape index (κ2) is 8.52. The Kier molecular flexibility index (Phi) is 6.12. The molecule has 2 N–H and O–H groups in total. The predicted molar refractivity (Wildman–Crippen MR) is 102 cm³/mol. The van der Waals surface area contributed by atoms with Gasteiger partial charge >= 0.3 is 0 Å². The Hall–Kier alpha value is -2.10. The van der Waals surface area contributed by atoms with E-state index >= 15 is 0 Å². The van der Waals surface area contributed by atoms with Crippen LogP contribution >= 0.6 is 11.3 Å². The molecule has 1 amide bonds. The summed E-state index contributed by atoms with van der Waals surface area (Å²) in [4.78, 5) is 14.9. The van der Waals surface area contributed by atoms with E-state index in [1.54, 1.807) is 11.3 Å². The van der Waals surface area contributed by atoms with Crippen molar-refractivity contribution in [2.24, 2.45) is 0 Å². The summed E-state index contributed by atoms with van der Waals surface area (Å²) < 4.78 is 5.59. The zero-order valence-corrected chi connectivity index (χ0v) is 16.3. The van der Waals surface area contributed by atoms with Gasteiger partial charge in [0.25, 0.3) is 0 Å². The first kappa shape index (κ1) is 18.7. The van der Waals surface area contributed by atoms with E-state index in [-0.39, 0.29) is 5.91 Å². The van der Waals surface area contributed by atoms with Gasteiger partial charge in [-0.2, -0.15) is 5.26 Å². The molecule has 0 spiro atoms. The molecule has 2 heterocycles. The minimum absolute atomic E-state index is 0.0205. The van der Waals surface area contributed by atoms with Crippen LogP contribution in [0, 0.1) is 18.3 Å². The van der Waals surface area contributed by atoms with E-state index in [0.29, 0.717) is 12.0 Å². The van der Waals surface area contributed by atoms with Gasteiger partial charge in [0.05, 0.1) is 25.6 Å². The van der Waals surface area contributed by atoms with Gasteiger partial charge in [-0.15, -0.1) is 11.3 Å². The van der Waals surface area contributed by atoms with Gasteiger partial charge in [-0.05, 0) is 50.3 Å². The molecule has 1 atom stereocenters. The summed E-state index contributed by atoms with van der Waals surface area (Å²) >= 11 is 1.59. The standard InChI is InChI=1S/C20H25N3O2S/c1-14-8-9-15(25-14)13-23(2)11-10-19(24)22-20-17(12-21)16-6-4-3-5-7-18(16)26-20/h8-9H,3-7,10-11,13H2,1-2H3,(H,22,24)/p+1. The third kappa shape index (κ3) is 4.54. The molecule has 0 radical (unpaired) electrons. The van der Waals surface area contributed by atoms with Crippen molar-refractivity contribution >= 4 is 22.2 Å². The maximum absolute atomic E-state index is 12.4. The average Bonchev–Trinajstić information content (AvgIpc) is 3.07. The Morgan fingerprint density at radius 2 is 2.15 bits per heavy atom. The highest BCUT2D eigenvalue weighted by molar-refractivity contribution is 7.16. The zero-order valence-electron chi connectivity index (χ0n) is 15.5. The number of nitrogens with zero attached hydrogens (tertiary/aromatic N) is 1. The number of quaternary nitrogens is 1. The molecule has 0 bridgehead atoms. The van der Waals surface area contributed by atoms with Crippen molar-refractivity contribution in [3.63, 3.8) is 0 Å². The van der Waals surface area contributed by atoms with Crippen LogP contribution < -0.4 is 10.2 Å². The van der Waals surface area contributed by atoms with Crippen LogP contribution in [0.15, 0.2) is 16.5 Å². The second-order valence-corrected chi connectivity index (χ2v) is 8.18. The van der Waals surface area contributed by atoms with Crippen molar-refractivity contribution in [2.75, 3.05) is 18.9 Å². The average molecular weight is 373 g/mol. The largest absolute Gasteiger partial charge is 0.460 e. The number of thiophene rings is 1. The molecule has 0 saturated heterocycles. The number of aryl methyl sites for hydroxylation is 2. The molecule has 138 valence electrons. The second-order valence-electron chi connectivity index (χ2n) is 7.07. The number of carbonyl (C=O) groups is 1. The molecule has 3 rings (SSSR count). The molecule has 6 heteroatoms. The van der Waals surface area contributed by atoms with E-state index in [2.05, 4.69) is 18.4 Å². The van der Waals surface area contributed by atoms with Crippen LogP contribution in [-0.2, 0) is 24.2 Å². The highest BCUT2D eigenvalue weighted by Gasteiger charge is 2.21. The molecule has 0 aromatic carbocycles. The summed E-state index contributed by atoms with van der Waals surface area (Å²) in [5.41, 5.74) is 1.85. The van der Waals surface area contributed by atoms with E-state index in [1.807, 2.05) is 19.1 Å². The van der Waals surface area contributed by atoms with Gasteiger partial charge in [-0.25, -0.2) is 0 Å². The molecule has 0 aliphatic heterocycles. The smallest absolute Gasteiger partial charge is 0.230 e. The Morgan fingerprint density at radius 1 is 1.35 bits per heavy atom. The fraction of sp³-hybridized carbons (Fsp3) is 0.500. The van der Waals surface area contributed by atoms with Crippen molar-refractivity contribution in [1.82, 2.24) is 0 Å². The van der Waals surface area contributed by atoms with Gasteiger partial charge in [0.1, 0.15) is 23.4 Å². The lowest BCUT2D eigenvalue weighted by atomic mass is 10.1. The van der Waals surface area contributed by atoms with Crippen LogP contribution in [0.25, 0.3) is 0 Å². The third-order valence-corrected chi connectivity index (χ3v) is 6.04. The monoisotopic (exact) mass is 372 g/mol. The van der Waals surface area contributed by atoms with Crippen molar-refractivity contribution in [3.8, 4) is 6.07 Å². The topological polar surface area (TPSA) is 70.5 Å². The Morgan fingerprint density at radius 3 is 2.88 bits per heavy atom. The molecule has 1 aliphatic carbocycles.